The summed E-state index contributed by atoms with van der Waals surface area (Å²) in [7, 11) is -3.09. The van der Waals surface area contributed by atoms with Gasteiger partial charge in [0.15, 0.2) is 5.25 Å². The smallest absolute Gasteiger partial charge is 0.328 e. The predicted molar refractivity (Wildman–Crippen MR) is 70.4 cm³/mol. The zero-order valence-electron chi connectivity index (χ0n) is 10.9. The number of methoxy groups -OCH3 is 1. The number of carboxylic acid groups (broad SMARTS) is 1. The van der Waals surface area contributed by atoms with Gasteiger partial charge in [-0.25, -0.2) is 13.2 Å². The molecule has 0 heterocycles. The van der Waals surface area contributed by atoms with Gasteiger partial charge >= 0.3 is 11.9 Å². The van der Waals surface area contributed by atoms with Crippen LogP contribution in [0.2, 0.25) is 0 Å². The number of esters is 1. The topological polar surface area (TPSA) is 110 Å². The quantitative estimate of drug-likeness (QED) is 0.731. The van der Waals surface area contributed by atoms with Crippen LogP contribution in [0, 0.1) is 0 Å². The lowest BCUT2D eigenvalue weighted by Gasteiger charge is -2.18. The first-order chi connectivity index (χ1) is 9.29. The number of aliphatic carboxylic acids is 1. The average molecular weight is 301 g/mol. The van der Waals surface area contributed by atoms with Crippen molar-refractivity contribution in [3.05, 3.63) is 35.9 Å². The number of nitrogens with one attached hydrogen (secondary N) is 1. The lowest BCUT2D eigenvalue weighted by atomic mass is 10.1. The Morgan fingerprint density at radius 1 is 1.25 bits per heavy atom. The van der Waals surface area contributed by atoms with Crippen molar-refractivity contribution in [2.75, 3.05) is 7.11 Å². The van der Waals surface area contributed by atoms with Gasteiger partial charge in [0.05, 0.1) is 7.11 Å². The summed E-state index contributed by atoms with van der Waals surface area (Å²) in [6.45, 7) is 1.02. The van der Waals surface area contributed by atoms with Gasteiger partial charge in [0.1, 0.15) is 6.04 Å². The van der Waals surface area contributed by atoms with E-state index >= 15 is 0 Å². The van der Waals surface area contributed by atoms with Crippen molar-refractivity contribution < 1.29 is 27.9 Å². The number of carbonyl (C=O) groups excluding carboxylic acids is 1. The summed E-state index contributed by atoms with van der Waals surface area (Å²) >= 11 is 0. The number of benzene rings is 1. The number of sulfonamides is 1. The molecule has 0 saturated carbocycles. The Bertz CT molecular complexity index is 583. The summed E-state index contributed by atoms with van der Waals surface area (Å²) in [5.74, 6) is -2.33. The van der Waals surface area contributed by atoms with Crippen LogP contribution in [0.4, 0.5) is 0 Å². The minimum atomic E-state index is -4.21. The summed E-state index contributed by atoms with van der Waals surface area (Å²) < 4.78 is 30.4. The molecule has 2 N–H and O–H groups in total. The van der Waals surface area contributed by atoms with Crippen LogP contribution in [0.1, 0.15) is 18.5 Å². The van der Waals surface area contributed by atoms with Gasteiger partial charge in [-0.15, -0.1) is 0 Å². The molecule has 20 heavy (non-hydrogen) atoms. The summed E-state index contributed by atoms with van der Waals surface area (Å²) in [5.41, 5.74) is 0.362. The number of carboxylic acids is 1. The Morgan fingerprint density at radius 3 is 2.25 bits per heavy atom. The van der Waals surface area contributed by atoms with Crippen molar-refractivity contribution in [1.82, 2.24) is 4.72 Å². The molecule has 0 saturated heterocycles. The van der Waals surface area contributed by atoms with E-state index in [1.807, 2.05) is 0 Å². The van der Waals surface area contributed by atoms with Gasteiger partial charge in [-0.05, 0) is 12.5 Å². The van der Waals surface area contributed by atoms with Crippen LogP contribution in [0.15, 0.2) is 30.3 Å². The van der Waals surface area contributed by atoms with Crippen LogP contribution in [0.3, 0.4) is 0 Å². The Balaban J connectivity index is 3.10. The Labute approximate surface area is 116 Å². The van der Waals surface area contributed by atoms with Gasteiger partial charge in [-0.1, -0.05) is 30.3 Å². The average Bonchev–Trinajstić information content (AvgIpc) is 2.44. The summed E-state index contributed by atoms with van der Waals surface area (Å²) in [5, 5.41) is 7.08. The number of rotatable bonds is 6. The predicted octanol–water partition coefficient (Wildman–Crippen LogP) is 0.293. The molecule has 8 heteroatoms. The van der Waals surface area contributed by atoms with Crippen LogP contribution in [-0.4, -0.2) is 37.8 Å². The van der Waals surface area contributed by atoms with E-state index in [4.69, 9.17) is 5.11 Å². The van der Waals surface area contributed by atoms with E-state index in [0.29, 0.717) is 5.56 Å². The summed E-state index contributed by atoms with van der Waals surface area (Å²) in [4.78, 5) is 22.5. The molecule has 1 rings (SSSR count). The second-order valence-corrected chi connectivity index (χ2v) is 6.04. The number of hydrogen-bond donors (Lipinski definition) is 2. The third-order valence-electron chi connectivity index (χ3n) is 2.67. The highest BCUT2D eigenvalue weighted by molar-refractivity contribution is 7.90. The molecule has 1 aromatic rings. The molecule has 110 valence electrons. The molecule has 2 atom stereocenters. The monoisotopic (exact) mass is 301 g/mol. The number of ether oxygens (including phenoxy) is 1. The molecule has 7 nitrogen and oxygen atoms in total. The van der Waals surface area contributed by atoms with Crippen molar-refractivity contribution in [1.29, 1.82) is 0 Å². The highest BCUT2D eigenvalue weighted by Gasteiger charge is 2.33. The molecule has 0 aliphatic rings. The minimum Gasteiger partial charge on any atom is -0.480 e. The van der Waals surface area contributed by atoms with Crippen LogP contribution in [0.5, 0.6) is 0 Å². The maximum Gasteiger partial charge on any atom is 0.328 e. The molecule has 0 aromatic heterocycles. The number of carbonyl (C=O) groups is 2. The first kappa shape index (κ1) is 16.1. The van der Waals surface area contributed by atoms with E-state index in [2.05, 4.69) is 9.46 Å². The molecule has 0 amide bonds. The van der Waals surface area contributed by atoms with Gasteiger partial charge in [0, 0.05) is 0 Å². The Hall–Kier alpha value is -1.93. The van der Waals surface area contributed by atoms with Gasteiger partial charge in [-0.2, -0.15) is 4.72 Å². The van der Waals surface area contributed by atoms with Gasteiger partial charge < -0.3 is 9.84 Å². The molecular formula is C12H15NO6S. The van der Waals surface area contributed by atoms with Crippen molar-refractivity contribution in [3.63, 3.8) is 0 Å². The van der Waals surface area contributed by atoms with Crippen LogP contribution in [-0.2, 0) is 24.3 Å². The first-order valence-electron chi connectivity index (χ1n) is 5.66. The van der Waals surface area contributed by atoms with Crippen LogP contribution < -0.4 is 4.72 Å². The van der Waals surface area contributed by atoms with E-state index < -0.39 is 33.3 Å². The summed E-state index contributed by atoms with van der Waals surface area (Å²) in [6.07, 6.45) is 0. The zero-order valence-corrected chi connectivity index (χ0v) is 11.8. The normalized spacial score (nSPS) is 14.3. The second-order valence-electron chi connectivity index (χ2n) is 4.01. The first-order valence-corrected chi connectivity index (χ1v) is 7.21. The molecule has 0 spiro atoms. The van der Waals surface area contributed by atoms with Crippen LogP contribution >= 0.6 is 0 Å². The Morgan fingerprint density at radius 2 is 1.80 bits per heavy atom. The molecular weight excluding hydrogens is 286 g/mol. The largest absolute Gasteiger partial charge is 0.480 e. The van der Waals surface area contributed by atoms with Crippen LogP contribution in [0.25, 0.3) is 0 Å². The van der Waals surface area contributed by atoms with E-state index in [9.17, 15) is 18.0 Å². The highest BCUT2D eigenvalue weighted by atomic mass is 32.2. The molecule has 0 bridgehead atoms. The zero-order chi connectivity index (χ0) is 15.3. The molecule has 0 fully saturated rings. The molecule has 0 aliphatic carbocycles. The third kappa shape index (κ3) is 3.78. The van der Waals surface area contributed by atoms with Gasteiger partial charge in [0.2, 0.25) is 10.0 Å². The number of hydrogen-bond acceptors (Lipinski definition) is 5. The van der Waals surface area contributed by atoms with E-state index in [-0.39, 0.29) is 0 Å². The summed E-state index contributed by atoms with van der Waals surface area (Å²) in [6, 6.07) is 6.74. The van der Waals surface area contributed by atoms with Crippen molar-refractivity contribution in [2.24, 2.45) is 0 Å². The van der Waals surface area contributed by atoms with Crippen molar-refractivity contribution >= 4 is 22.0 Å². The second kappa shape index (κ2) is 6.49. The maximum atomic E-state index is 11.9. The lowest BCUT2D eigenvalue weighted by Crippen LogP contribution is -2.42. The standard InChI is InChI=1S/C12H15NO6S/c1-8(11(14)15)20(17,18)13-10(12(16)19-2)9-6-4-3-5-7-9/h3-8,10,13H,1-2H3,(H,14,15). The minimum absolute atomic E-state index is 0.362. The fraction of sp³-hybridized carbons (Fsp3) is 0.333. The van der Waals surface area contributed by atoms with E-state index in [1.54, 1.807) is 18.2 Å². The van der Waals surface area contributed by atoms with Crippen molar-refractivity contribution in [2.45, 2.75) is 18.2 Å². The van der Waals surface area contributed by atoms with E-state index in [1.165, 1.54) is 12.1 Å². The fourth-order valence-electron chi connectivity index (χ4n) is 1.41. The van der Waals surface area contributed by atoms with E-state index in [0.717, 1.165) is 14.0 Å². The molecule has 2 unspecified atom stereocenters. The lowest BCUT2D eigenvalue weighted by molar-refractivity contribution is -0.143. The highest BCUT2D eigenvalue weighted by Crippen LogP contribution is 2.16. The molecule has 0 aliphatic heterocycles. The molecule has 0 radical (unpaired) electrons. The van der Waals surface area contributed by atoms with Gasteiger partial charge in [0.25, 0.3) is 0 Å². The van der Waals surface area contributed by atoms with Gasteiger partial charge in [-0.3, -0.25) is 4.79 Å². The molecule has 1 aromatic carbocycles. The van der Waals surface area contributed by atoms with Crippen molar-refractivity contribution in [3.8, 4) is 0 Å². The SMILES string of the molecule is COC(=O)C(NS(=O)(=O)C(C)C(=O)O)c1ccccc1. The maximum absolute atomic E-state index is 11.9. The fourth-order valence-corrected chi connectivity index (χ4v) is 2.45. The third-order valence-corrected chi connectivity index (χ3v) is 4.36. The Kier molecular flexibility index (Phi) is 5.23.